The van der Waals surface area contributed by atoms with Gasteiger partial charge in [0.1, 0.15) is 11.5 Å². The second-order valence-corrected chi connectivity index (χ2v) is 7.62. The third-order valence-electron chi connectivity index (χ3n) is 5.65. The third-order valence-corrected chi connectivity index (χ3v) is 5.65. The summed E-state index contributed by atoms with van der Waals surface area (Å²) >= 11 is 0. The maximum Gasteiger partial charge on any atom is 0.273 e. The fourth-order valence-electron chi connectivity index (χ4n) is 4.15. The predicted octanol–water partition coefficient (Wildman–Crippen LogP) is 3.37. The highest BCUT2D eigenvalue weighted by molar-refractivity contribution is 5.95. The number of aromatic nitrogens is 4. The number of nitrogens with zero attached hydrogens (tertiary/aromatic N) is 4. The van der Waals surface area contributed by atoms with Gasteiger partial charge in [0.2, 0.25) is 5.88 Å². The van der Waals surface area contributed by atoms with Crippen molar-refractivity contribution in [2.75, 3.05) is 13.7 Å². The summed E-state index contributed by atoms with van der Waals surface area (Å²) in [6, 6.07) is 16.0. The quantitative estimate of drug-likeness (QED) is 0.536. The van der Waals surface area contributed by atoms with Gasteiger partial charge in [0, 0.05) is 24.2 Å². The van der Waals surface area contributed by atoms with E-state index in [0.717, 1.165) is 17.3 Å². The van der Waals surface area contributed by atoms with E-state index in [-0.39, 0.29) is 17.5 Å². The van der Waals surface area contributed by atoms with Crippen molar-refractivity contribution in [3.63, 3.8) is 0 Å². The fourth-order valence-corrected chi connectivity index (χ4v) is 4.15. The molecule has 8 nitrogen and oxygen atoms in total. The summed E-state index contributed by atoms with van der Waals surface area (Å²) in [7, 11) is 1.52. The van der Waals surface area contributed by atoms with Crippen LogP contribution in [0.5, 0.6) is 5.88 Å². The maximum atomic E-state index is 13.3. The Morgan fingerprint density at radius 3 is 2.88 bits per heavy atom. The zero-order valence-electron chi connectivity index (χ0n) is 17.5. The molecule has 0 unspecified atom stereocenters. The second kappa shape index (κ2) is 8.22. The molecular weight excluding hydrogens is 406 g/mol. The molecular formula is C24H21N5O3. The van der Waals surface area contributed by atoms with Crippen molar-refractivity contribution in [3.8, 4) is 17.1 Å². The van der Waals surface area contributed by atoms with Crippen molar-refractivity contribution in [3.05, 3.63) is 82.7 Å². The molecule has 1 saturated heterocycles. The van der Waals surface area contributed by atoms with E-state index in [0.29, 0.717) is 41.6 Å². The molecule has 1 N–H and O–H groups in total. The van der Waals surface area contributed by atoms with Crippen LogP contribution < -0.4 is 10.3 Å². The monoisotopic (exact) mass is 427 g/mol. The number of aromatic amines is 1. The van der Waals surface area contributed by atoms with E-state index >= 15 is 0 Å². The summed E-state index contributed by atoms with van der Waals surface area (Å²) in [5.74, 6) is 0.659. The lowest BCUT2D eigenvalue weighted by Crippen LogP contribution is -2.33. The van der Waals surface area contributed by atoms with E-state index in [4.69, 9.17) is 4.74 Å². The zero-order valence-corrected chi connectivity index (χ0v) is 17.5. The summed E-state index contributed by atoms with van der Waals surface area (Å²) in [6.07, 6.45) is 3.13. The van der Waals surface area contributed by atoms with Gasteiger partial charge >= 0.3 is 0 Å². The molecule has 1 aliphatic heterocycles. The van der Waals surface area contributed by atoms with Gasteiger partial charge in [-0.15, -0.1) is 0 Å². The first-order valence-electron chi connectivity index (χ1n) is 10.4. The lowest BCUT2D eigenvalue weighted by Gasteiger charge is -2.24. The number of rotatable bonds is 4. The molecule has 8 heteroatoms. The smallest absolute Gasteiger partial charge is 0.273 e. The van der Waals surface area contributed by atoms with Gasteiger partial charge in [-0.3, -0.25) is 9.59 Å². The van der Waals surface area contributed by atoms with Crippen LogP contribution in [-0.2, 0) is 0 Å². The van der Waals surface area contributed by atoms with Crippen molar-refractivity contribution in [2.24, 2.45) is 0 Å². The fraction of sp³-hybridized carbons (Fsp3) is 0.208. The number of likely N-dealkylation sites (tertiary alicyclic amines) is 1. The van der Waals surface area contributed by atoms with Gasteiger partial charge < -0.3 is 14.6 Å². The molecule has 0 spiro atoms. The number of fused-ring (bicyclic) bond motifs is 1. The Labute approximate surface area is 183 Å². The standard InChI is InChI=1S/C24H21N5O3/c1-32-23-16(7-4-12-25-23)19-14-21(30)28-22(27-19)20-9-5-13-29(20)24(31)18-11-10-15-6-2-3-8-17(15)26-18/h2-4,6-8,10-12,14,20H,5,9,13H2,1H3,(H,27,28,30)/t20-/m0/s1. The molecule has 160 valence electrons. The van der Waals surface area contributed by atoms with E-state index in [1.54, 1.807) is 29.3 Å². The van der Waals surface area contributed by atoms with Crippen molar-refractivity contribution < 1.29 is 9.53 Å². The Morgan fingerprint density at radius 2 is 2.00 bits per heavy atom. The van der Waals surface area contributed by atoms with E-state index < -0.39 is 0 Å². The molecule has 0 bridgehead atoms. The minimum atomic E-state index is -0.342. The number of benzene rings is 1. The average Bonchev–Trinajstić information content (AvgIpc) is 3.33. The average molecular weight is 427 g/mol. The molecule has 4 heterocycles. The minimum Gasteiger partial charge on any atom is -0.481 e. The number of para-hydroxylation sites is 1. The lowest BCUT2D eigenvalue weighted by atomic mass is 10.1. The Bertz CT molecular complexity index is 1370. The Kier molecular flexibility index (Phi) is 5.10. The molecule has 1 aliphatic rings. The summed E-state index contributed by atoms with van der Waals surface area (Å²) in [6.45, 7) is 0.572. The molecule has 1 aromatic carbocycles. The molecule has 1 atom stereocenters. The molecule has 0 saturated carbocycles. The lowest BCUT2D eigenvalue weighted by molar-refractivity contribution is 0.0724. The van der Waals surface area contributed by atoms with Gasteiger partial charge in [0.15, 0.2) is 0 Å². The van der Waals surface area contributed by atoms with Crippen LogP contribution in [0.15, 0.2) is 65.6 Å². The van der Waals surface area contributed by atoms with Crippen LogP contribution in [0.4, 0.5) is 0 Å². The van der Waals surface area contributed by atoms with E-state index in [2.05, 4.69) is 19.9 Å². The first-order valence-corrected chi connectivity index (χ1v) is 10.4. The van der Waals surface area contributed by atoms with Gasteiger partial charge in [-0.05, 0) is 37.1 Å². The molecule has 3 aromatic heterocycles. The Balaban J connectivity index is 1.51. The Hall–Kier alpha value is -4.07. The van der Waals surface area contributed by atoms with Gasteiger partial charge in [-0.1, -0.05) is 24.3 Å². The summed E-state index contributed by atoms with van der Waals surface area (Å²) in [4.78, 5) is 43.8. The van der Waals surface area contributed by atoms with Crippen LogP contribution in [0.2, 0.25) is 0 Å². The molecule has 0 aliphatic carbocycles. The normalized spacial score (nSPS) is 15.8. The van der Waals surface area contributed by atoms with E-state index in [1.807, 2.05) is 30.3 Å². The SMILES string of the molecule is COc1ncccc1-c1cc(=O)[nH]c([C@@H]2CCCN2C(=O)c2ccc3ccccc3n2)n1. The zero-order chi connectivity index (χ0) is 22.1. The number of ether oxygens (including phenoxy) is 1. The molecule has 1 fully saturated rings. The predicted molar refractivity (Wildman–Crippen MR) is 119 cm³/mol. The molecule has 1 amide bonds. The molecule has 0 radical (unpaired) electrons. The molecule has 5 rings (SSSR count). The first kappa shape index (κ1) is 19.9. The summed E-state index contributed by atoms with van der Waals surface area (Å²) < 4.78 is 5.32. The highest BCUT2D eigenvalue weighted by Crippen LogP contribution is 2.32. The largest absolute Gasteiger partial charge is 0.481 e. The summed E-state index contributed by atoms with van der Waals surface area (Å²) in [5.41, 5.74) is 1.93. The van der Waals surface area contributed by atoms with Crippen LogP contribution in [-0.4, -0.2) is 44.4 Å². The van der Waals surface area contributed by atoms with Crippen LogP contribution in [0.1, 0.15) is 35.2 Å². The van der Waals surface area contributed by atoms with Crippen LogP contribution in [0.3, 0.4) is 0 Å². The maximum absolute atomic E-state index is 13.3. The van der Waals surface area contributed by atoms with Crippen molar-refractivity contribution in [1.29, 1.82) is 0 Å². The molecule has 4 aromatic rings. The van der Waals surface area contributed by atoms with Crippen LogP contribution in [0, 0.1) is 0 Å². The number of carbonyl (C=O) groups is 1. The van der Waals surface area contributed by atoms with E-state index in [9.17, 15) is 9.59 Å². The van der Waals surface area contributed by atoms with Crippen molar-refractivity contribution >= 4 is 16.8 Å². The number of pyridine rings is 2. The number of hydrogen-bond donors (Lipinski definition) is 1. The van der Waals surface area contributed by atoms with Gasteiger partial charge in [-0.25, -0.2) is 15.0 Å². The number of H-pyrrole nitrogens is 1. The van der Waals surface area contributed by atoms with Crippen LogP contribution >= 0.6 is 0 Å². The summed E-state index contributed by atoms with van der Waals surface area (Å²) in [5, 5.41) is 0.978. The topological polar surface area (TPSA) is 101 Å². The number of nitrogens with one attached hydrogen (secondary N) is 1. The van der Waals surface area contributed by atoms with Gasteiger partial charge in [0.25, 0.3) is 11.5 Å². The second-order valence-electron chi connectivity index (χ2n) is 7.62. The number of methoxy groups -OCH3 is 1. The third kappa shape index (κ3) is 3.60. The van der Waals surface area contributed by atoms with Gasteiger partial charge in [-0.2, -0.15) is 0 Å². The number of amides is 1. The molecule has 32 heavy (non-hydrogen) atoms. The number of carbonyl (C=O) groups excluding carboxylic acids is 1. The highest BCUT2D eigenvalue weighted by Gasteiger charge is 2.33. The van der Waals surface area contributed by atoms with Crippen LogP contribution in [0.25, 0.3) is 22.2 Å². The number of hydrogen-bond acceptors (Lipinski definition) is 6. The van der Waals surface area contributed by atoms with Crippen molar-refractivity contribution in [2.45, 2.75) is 18.9 Å². The highest BCUT2D eigenvalue weighted by atomic mass is 16.5. The van der Waals surface area contributed by atoms with Gasteiger partial charge in [0.05, 0.1) is 29.9 Å². The minimum absolute atomic E-state index is 0.176. The van der Waals surface area contributed by atoms with E-state index in [1.165, 1.54) is 13.2 Å². The first-order chi connectivity index (χ1) is 15.6. The Morgan fingerprint density at radius 1 is 1.12 bits per heavy atom. The van der Waals surface area contributed by atoms with Crippen molar-refractivity contribution in [1.82, 2.24) is 24.8 Å².